The molecule has 2 saturated carbocycles. The lowest BCUT2D eigenvalue weighted by Crippen LogP contribution is -2.22. The van der Waals surface area contributed by atoms with E-state index in [1.54, 1.807) is 43.5 Å². The van der Waals surface area contributed by atoms with Gasteiger partial charge in [0.1, 0.15) is 5.75 Å². The molecule has 4 N–H and O–H groups in total. The molecule has 19 heteroatoms. The van der Waals surface area contributed by atoms with Crippen LogP contribution in [0.4, 0.5) is 48.0 Å². The number of esters is 2. The molecule has 2 aliphatic rings. The highest BCUT2D eigenvalue weighted by atomic mass is 19.4. The molecule has 0 radical (unpaired) electrons. The molecule has 0 unspecified atom stereocenters. The quantitative estimate of drug-likeness (QED) is 0.0557. The Hall–Kier alpha value is -7.57. The average molecular weight is 921 g/mol. The monoisotopic (exact) mass is 920 g/mol. The number of halogens is 3. The Labute approximate surface area is 382 Å². The van der Waals surface area contributed by atoms with Crippen molar-refractivity contribution < 1.29 is 50.7 Å². The van der Waals surface area contributed by atoms with Gasteiger partial charge in [-0.1, -0.05) is 40.5 Å². The topological polar surface area (TPSA) is 213 Å². The van der Waals surface area contributed by atoms with E-state index in [0.29, 0.717) is 28.7 Å². The van der Waals surface area contributed by atoms with E-state index in [2.05, 4.69) is 41.7 Å². The first kappa shape index (κ1) is 46.0. The van der Waals surface area contributed by atoms with E-state index in [1.807, 2.05) is 36.4 Å². The van der Waals surface area contributed by atoms with Gasteiger partial charge in [-0.25, -0.2) is 0 Å². The SMILES string of the molecule is COc1ccc(Nc2nnc(C(=O)Nc3ccc(C4CCC(CC(=O)OC(=O)CC5CCC(c6ccc(NC(=O)c7nnc(Nc8cccc(C(F)(F)F)c8)o7)cc6)CC5)CC4)cc3)o2)cc1. The van der Waals surface area contributed by atoms with Crippen LogP contribution in [0.5, 0.6) is 5.75 Å². The van der Waals surface area contributed by atoms with E-state index in [4.69, 9.17) is 18.3 Å². The van der Waals surface area contributed by atoms with Crippen LogP contribution in [0.25, 0.3) is 0 Å². The highest BCUT2D eigenvalue weighted by Gasteiger charge is 2.31. The van der Waals surface area contributed by atoms with Gasteiger partial charge in [0.15, 0.2) is 0 Å². The summed E-state index contributed by atoms with van der Waals surface area (Å²) < 4.78 is 60.4. The fourth-order valence-electron chi connectivity index (χ4n) is 8.55. The number of carbonyl (C=O) groups excluding carboxylic acids is 4. The number of alkyl halides is 3. The largest absolute Gasteiger partial charge is 0.497 e. The minimum Gasteiger partial charge on any atom is -0.497 e. The molecule has 16 nitrogen and oxygen atoms in total. The molecule has 0 aliphatic heterocycles. The second-order valence-electron chi connectivity index (χ2n) is 16.7. The zero-order chi connectivity index (χ0) is 46.9. The van der Waals surface area contributed by atoms with Crippen molar-refractivity contribution in [2.45, 2.75) is 82.2 Å². The number of amides is 2. The van der Waals surface area contributed by atoms with E-state index >= 15 is 0 Å². The fourth-order valence-corrected chi connectivity index (χ4v) is 8.55. The number of carbonyl (C=O) groups is 4. The molecule has 0 atom stereocenters. The van der Waals surface area contributed by atoms with E-state index in [1.165, 1.54) is 12.1 Å². The predicted octanol–water partition coefficient (Wildman–Crippen LogP) is 10.6. The third-order valence-corrected chi connectivity index (χ3v) is 12.1. The molecule has 4 aromatic carbocycles. The van der Waals surface area contributed by atoms with Crippen LogP contribution in [0.15, 0.2) is 106 Å². The zero-order valence-electron chi connectivity index (χ0n) is 36.3. The molecule has 0 spiro atoms. The first-order chi connectivity index (χ1) is 32.3. The van der Waals surface area contributed by atoms with Gasteiger partial charge in [0.2, 0.25) is 0 Å². The second-order valence-corrected chi connectivity index (χ2v) is 16.7. The lowest BCUT2D eigenvalue weighted by molar-refractivity contribution is -0.161. The minimum atomic E-state index is -4.52. The van der Waals surface area contributed by atoms with Gasteiger partial charge in [-0.3, -0.25) is 19.2 Å². The summed E-state index contributed by atoms with van der Waals surface area (Å²) in [5, 5.41) is 26.1. The summed E-state index contributed by atoms with van der Waals surface area (Å²) in [5.41, 5.74) is 3.21. The number of rotatable bonds is 15. The van der Waals surface area contributed by atoms with Gasteiger partial charge >= 0.3 is 53.7 Å². The molecule has 0 bridgehead atoms. The Morgan fingerprint density at radius 2 is 1.03 bits per heavy atom. The smallest absolute Gasteiger partial charge is 0.416 e. The number of anilines is 6. The number of nitrogens with zero attached hydrogens (tertiary/aromatic N) is 4. The first-order valence-corrected chi connectivity index (χ1v) is 21.9. The molecule has 6 aromatic rings. The number of ether oxygens (including phenoxy) is 2. The van der Waals surface area contributed by atoms with Crippen molar-refractivity contribution in [3.63, 3.8) is 0 Å². The average Bonchev–Trinajstić information content (AvgIpc) is 4.00. The maximum atomic E-state index is 13.0. The fraction of sp³-hybridized carbons (Fsp3) is 0.333. The molecular formula is C48H47F3N8O8. The van der Waals surface area contributed by atoms with Gasteiger partial charge in [-0.15, -0.1) is 10.2 Å². The third kappa shape index (κ3) is 12.4. The Kier molecular flexibility index (Phi) is 14.2. The summed E-state index contributed by atoms with van der Waals surface area (Å²) in [6, 6.07) is 26.4. The number of methoxy groups -OCH3 is 1. The molecule has 2 aliphatic carbocycles. The van der Waals surface area contributed by atoms with Crippen LogP contribution in [-0.4, -0.2) is 51.3 Å². The molecule has 8 rings (SSSR count). The number of benzene rings is 4. The van der Waals surface area contributed by atoms with Gasteiger partial charge in [-0.05, 0) is 153 Å². The highest BCUT2D eigenvalue weighted by Crippen LogP contribution is 2.39. The first-order valence-electron chi connectivity index (χ1n) is 21.9. The van der Waals surface area contributed by atoms with Crippen molar-refractivity contribution in [3.8, 4) is 5.75 Å². The van der Waals surface area contributed by atoms with Gasteiger partial charge in [0.05, 0.1) is 12.7 Å². The normalized spacial score (nSPS) is 18.3. The van der Waals surface area contributed by atoms with Crippen LogP contribution in [0.3, 0.4) is 0 Å². The molecule has 0 saturated heterocycles. The maximum Gasteiger partial charge on any atom is 0.416 e. The molecule has 2 heterocycles. The van der Waals surface area contributed by atoms with Crippen LogP contribution < -0.4 is 26.0 Å². The number of hydrogen-bond acceptors (Lipinski definition) is 14. The van der Waals surface area contributed by atoms with Crippen molar-refractivity contribution in [2.24, 2.45) is 11.8 Å². The van der Waals surface area contributed by atoms with Gasteiger partial charge in [0.25, 0.3) is 0 Å². The Balaban J connectivity index is 0.704. The van der Waals surface area contributed by atoms with E-state index in [-0.39, 0.29) is 60.1 Å². The van der Waals surface area contributed by atoms with Gasteiger partial charge < -0.3 is 39.6 Å². The molecule has 348 valence electrons. The van der Waals surface area contributed by atoms with Gasteiger partial charge in [0, 0.05) is 35.6 Å². The molecule has 2 fully saturated rings. The Morgan fingerprint density at radius 3 is 1.48 bits per heavy atom. The van der Waals surface area contributed by atoms with Crippen LogP contribution in [0, 0.1) is 11.8 Å². The summed E-state index contributed by atoms with van der Waals surface area (Å²) in [5.74, 6) is -1.21. The summed E-state index contributed by atoms with van der Waals surface area (Å²) in [4.78, 5) is 51.1. The van der Waals surface area contributed by atoms with Crippen molar-refractivity contribution >= 4 is 58.5 Å². The number of aromatic nitrogens is 4. The van der Waals surface area contributed by atoms with Crippen molar-refractivity contribution in [2.75, 3.05) is 28.4 Å². The summed E-state index contributed by atoms with van der Waals surface area (Å²) >= 11 is 0. The number of hydrogen-bond donors (Lipinski definition) is 4. The van der Waals surface area contributed by atoms with Crippen molar-refractivity contribution in [3.05, 3.63) is 126 Å². The second kappa shape index (κ2) is 20.7. The zero-order valence-corrected chi connectivity index (χ0v) is 36.3. The van der Waals surface area contributed by atoms with Gasteiger partial charge in [-0.2, -0.15) is 13.2 Å². The molecular weight excluding hydrogens is 874 g/mol. The van der Waals surface area contributed by atoms with E-state index < -0.39 is 35.5 Å². The summed E-state index contributed by atoms with van der Waals surface area (Å²) in [7, 11) is 1.58. The van der Waals surface area contributed by atoms with Crippen LogP contribution in [0.1, 0.15) is 114 Å². The maximum absolute atomic E-state index is 13.0. The lowest BCUT2D eigenvalue weighted by Gasteiger charge is -2.29. The minimum absolute atomic E-state index is 0.0677. The molecule has 2 aromatic heterocycles. The Morgan fingerprint density at radius 1 is 0.582 bits per heavy atom. The Bertz CT molecular complexity index is 2660. The summed E-state index contributed by atoms with van der Waals surface area (Å²) in [6.07, 6.45) is 2.64. The van der Waals surface area contributed by atoms with Crippen molar-refractivity contribution in [1.82, 2.24) is 20.4 Å². The van der Waals surface area contributed by atoms with Crippen LogP contribution in [-0.2, 0) is 20.5 Å². The van der Waals surface area contributed by atoms with E-state index in [0.717, 1.165) is 74.6 Å². The number of nitrogens with one attached hydrogen (secondary N) is 4. The van der Waals surface area contributed by atoms with Crippen LogP contribution >= 0.6 is 0 Å². The molecule has 2 amide bonds. The standard InChI is InChI=1S/C48H47F3N8O8/c1-64-39-23-21-37(22-24-39)54-46-58-56-44(66-46)42(62)52-35-17-13-32(14-18-35)30-9-5-28(6-10-30)25-40(60)65-41(61)26-29-7-11-31(12-8-29)33-15-19-36(20-16-33)53-43(63)45-57-59-47(67-45)55-38-4-2-3-34(27-38)48(49,50)51/h2-4,13-24,27-31H,5-12,25-26H2,1H3,(H,52,62)(H,53,63)(H,54,58)(H,55,59). The van der Waals surface area contributed by atoms with E-state index in [9.17, 15) is 32.3 Å². The molecule has 67 heavy (non-hydrogen) atoms. The lowest BCUT2D eigenvalue weighted by atomic mass is 9.77. The third-order valence-electron chi connectivity index (χ3n) is 12.1. The predicted molar refractivity (Wildman–Crippen MR) is 238 cm³/mol. The van der Waals surface area contributed by atoms with Crippen molar-refractivity contribution in [1.29, 1.82) is 0 Å². The highest BCUT2D eigenvalue weighted by molar-refractivity contribution is 6.01. The summed E-state index contributed by atoms with van der Waals surface area (Å²) in [6.45, 7) is 0. The van der Waals surface area contributed by atoms with Crippen LogP contribution in [0.2, 0.25) is 0 Å².